The van der Waals surface area contributed by atoms with Crippen LogP contribution < -0.4 is 5.32 Å². The minimum atomic E-state index is 0.183. The molecule has 3 heterocycles. The summed E-state index contributed by atoms with van der Waals surface area (Å²) in [6.07, 6.45) is 8.27. The van der Waals surface area contributed by atoms with Gasteiger partial charge in [-0.15, -0.1) is 10.2 Å². The van der Waals surface area contributed by atoms with E-state index in [0.29, 0.717) is 23.2 Å². The van der Waals surface area contributed by atoms with Crippen molar-refractivity contribution >= 4 is 11.5 Å². The van der Waals surface area contributed by atoms with Gasteiger partial charge in [0, 0.05) is 49.4 Å². The van der Waals surface area contributed by atoms with Crippen molar-refractivity contribution in [3.05, 3.63) is 48.3 Å². The van der Waals surface area contributed by atoms with Gasteiger partial charge in [-0.3, -0.25) is 5.10 Å². The highest BCUT2D eigenvalue weighted by Crippen LogP contribution is 2.27. The fraction of sp³-hybridized carbons (Fsp3) is 0.381. The van der Waals surface area contributed by atoms with Crippen LogP contribution in [-0.4, -0.2) is 57.4 Å². The molecule has 0 aliphatic carbocycles. The summed E-state index contributed by atoms with van der Waals surface area (Å²) in [5.74, 6) is 1.74. The number of nitrogens with one attached hydrogen (secondary N) is 2. The van der Waals surface area contributed by atoms with E-state index in [4.69, 9.17) is 0 Å². The summed E-state index contributed by atoms with van der Waals surface area (Å²) < 4.78 is 0. The molecule has 3 N–H and O–H groups in total. The molecule has 0 bridgehead atoms. The first-order valence-electron chi connectivity index (χ1n) is 9.74. The quantitative estimate of drug-likeness (QED) is 0.766. The average Bonchev–Trinajstić information content (AvgIpc) is 3.13. The van der Waals surface area contributed by atoms with Crippen molar-refractivity contribution in [3.8, 4) is 16.9 Å². The van der Waals surface area contributed by atoms with E-state index in [1.165, 1.54) is 0 Å². The van der Waals surface area contributed by atoms with E-state index in [2.05, 4.69) is 50.5 Å². The highest BCUT2D eigenvalue weighted by molar-refractivity contribution is 6.11. The van der Waals surface area contributed by atoms with Crippen molar-refractivity contribution in [1.82, 2.24) is 20.4 Å². The number of piperazine rings is 1. The summed E-state index contributed by atoms with van der Waals surface area (Å²) in [6, 6.07) is 6.03. The first kappa shape index (κ1) is 18.4. The lowest BCUT2D eigenvalue weighted by molar-refractivity contribution is 0.246. The Labute approximate surface area is 164 Å². The third kappa shape index (κ3) is 3.84. The number of allylic oxidation sites excluding steroid dienone is 1. The zero-order valence-corrected chi connectivity index (χ0v) is 16.3. The molecule has 1 fully saturated rings. The van der Waals surface area contributed by atoms with Crippen molar-refractivity contribution in [2.45, 2.75) is 26.3 Å². The summed E-state index contributed by atoms with van der Waals surface area (Å²) in [5, 5.41) is 29.8. The van der Waals surface area contributed by atoms with Crippen LogP contribution in [0.2, 0.25) is 0 Å². The summed E-state index contributed by atoms with van der Waals surface area (Å²) in [7, 11) is 0. The van der Waals surface area contributed by atoms with E-state index in [-0.39, 0.29) is 5.75 Å². The van der Waals surface area contributed by atoms with E-state index in [1.54, 1.807) is 18.5 Å². The second-order valence-corrected chi connectivity index (χ2v) is 7.58. The Morgan fingerprint density at radius 2 is 2.11 bits per heavy atom. The molecular formula is C21H26N6O. The molecule has 1 atom stereocenters. The van der Waals surface area contributed by atoms with Gasteiger partial charge in [-0.05, 0) is 29.7 Å². The molecule has 7 heteroatoms. The molecule has 2 aliphatic rings. The van der Waals surface area contributed by atoms with E-state index in [1.807, 2.05) is 18.2 Å². The second-order valence-electron chi connectivity index (χ2n) is 7.58. The van der Waals surface area contributed by atoms with Crippen LogP contribution in [0.5, 0.6) is 5.75 Å². The molecule has 7 nitrogen and oxygen atoms in total. The van der Waals surface area contributed by atoms with Crippen LogP contribution in [0.1, 0.15) is 25.8 Å². The van der Waals surface area contributed by atoms with Gasteiger partial charge in [-0.1, -0.05) is 26.0 Å². The van der Waals surface area contributed by atoms with E-state index in [9.17, 15) is 5.11 Å². The lowest BCUT2D eigenvalue weighted by Crippen LogP contribution is -2.54. The van der Waals surface area contributed by atoms with Gasteiger partial charge in [0.1, 0.15) is 11.6 Å². The summed E-state index contributed by atoms with van der Waals surface area (Å²) in [4.78, 5) is 2.32. The maximum Gasteiger partial charge on any atom is 0.131 e. The van der Waals surface area contributed by atoms with Crippen LogP contribution in [0.3, 0.4) is 0 Å². The van der Waals surface area contributed by atoms with E-state index >= 15 is 0 Å². The zero-order valence-electron chi connectivity index (χ0n) is 16.3. The predicted octanol–water partition coefficient (Wildman–Crippen LogP) is 2.77. The summed E-state index contributed by atoms with van der Waals surface area (Å²) in [6.45, 7) is 7.31. The maximum absolute atomic E-state index is 10.5. The molecular weight excluding hydrogens is 352 g/mol. The van der Waals surface area contributed by atoms with Gasteiger partial charge < -0.3 is 15.3 Å². The standard InChI is InChI=1S/C21H26N6O/c1-14(2)19-13-27(9-8-22-19)21-5-3-4-18(25-26-21)17-7-6-15(10-20(17)28)16-11-23-24-12-16/h3-4,6-7,10-12,14,19,22,28H,5,8-9,13H2,1-2H3,(H,23,24). The Balaban J connectivity index is 1.56. The molecule has 0 amide bonds. The van der Waals surface area contributed by atoms with Crippen LogP contribution in [-0.2, 0) is 0 Å². The topological polar surface area (TPSA) is 88.9 Å². The smallest absolute Gasteiger partial charge is 0.131 e. The first-order valence-corrected chi connectivity index (χ1v) is 9.74. The zero-order chi connectivity index (χ0) is 19.5. The van der Waals surface area contributed by atoms with Crippen LogP contribution >= 0.6 is 0 Å². The molecule has 2 aromatic rings. The number of phenolic OH excluding ortho intramolecular Hbond substituents is 1. The minimum absolute atomic E-state index is 0.183. The average molecular weight is 378 g/mol. The largest absolute Gasteiger partial charge is 0.507 e. The van der Waals surface area contributed by atoms with E-state index in [0.717, 1.165) is 43.0 Å². The van der Waals surface area contributed by atoms with Gasteiger partial charge in [-0.2, -0.15) is 5.10 Å². The van der Waals surface area contributed by atoms with Crippen LogP contribution in [0.15, 0.2) is 52.9 Å². The number of phenols is 1. The molecule has 0 saturated carbocycles. The van der Waals surface area contributed by atoms with Crippen molar-refractivity contribution in [2.24, 2.45) is 16.1 Å². The number of nitrogens with zero attached hydrogens (tertiary/aromatic N) is 4. The third-order valence-corrected chi connectivity index (χ3v) is 5.33. The number of hydrogen-bond acceptors (Lipinski definition) is 6. The Kier molecular flexibility index (Phi) is 5.25. The van der Waals surface area contributed by atoms with Gasteiger partial charge in [-0.25, -0.2) is 0 Å². The highest BCUT2D eigenvalue weighted by Gasteiger charge is 2.24. The lowest BCUT2D eigenvalue weighted by Gasteiger charge is -2.37. The molecule has 1 aromatic carbocycles. The van der Waals surface area contributed by atoms with Crippen molar-refractivity contribution < 1.29 is 5.11 Å². The Bertz CT molecular complexity index is 913. The Morgan fingerprint density at radius 3 is 2.86 bits per heavy atom. The molecule has 1 aromatic heterocycles. The number of hydrogen-bond donors (Lipinski definition) is 3. The number of benzene rings is 1. The number of aromatic nitrogens is 2. The SMILES string of the molecule is CC(C)C1CN(C2=NN=C(c3ccc(-c4cn[nH]c4)cc3O)C=CC2)CCN1. The normalized spacial score (nSPS) is 20.1. The highest BCUT2D eigenvalue weighted by atomic mass is 16.3. The molecule has 1 saturated heterocycles. The maximum atomic E-state index is 10.5. The van der Waals surface area contributed by atoms with Gasteiger partial charge in [0.25, 0.3) is 0 Å². The first-order chi connectivity index (χ1) is 13.6. The lowest BCUT2D eigenvalue weighted by atomic mass is 10.0. The molecule has 146 valence electrons. The molecule has 28 heavy (non-hydrogen) atoms. The van der Waals surface area contributed by atoms with Gasteiger partial charge in [0.05, 0.1) is 11.9 Å². The van der Waals surface area contributed by atoms with Crippen LogP contribution in [0.25, 0.3) is 11.1 Å². The number of rotatable bonds is 3. The molecule has 2 aliphatic heterocycles. The van der Waals surface area contributed by atoms with Gasteiger partial charge in [0.15, 0.2) is 0 Å². The van der Waals surface area contributed by atoms with Crippen LogP contribution in [0.4, 0.5) is 0 Å². The monoisotopic (exact) mass is 378 g/mol. The Morgan fingerprint density at radius 1 is 1.21 bits per heavy atom. The molecule has 4 rings (SSSR count). The van der Waals surface area contributed by atoms with Crippen LogP contribution in [0, 0.1) is 5.92 Å². The number of aromatic amines is 1. The van der Waals surface area contributed by atoms with E-state index < -0.39 is 0 Å². The predicted molar refractivity (Wildman–Crippen MR) is 112 cm³/mol. The second kappa shape index (κ2) is 7.98. The summed E-state index contributed by atoms with van der Waals surface area (Å²) in [5.41, 5.74) is 3.17. The molecule has 0 spiro atoms. The summed E-state index contributed by atoms with van der Waals surface area (Å²) >= 11 is 0. The molecule has 0 radical (unpaired) electrons. The third-order valence-electron chi connectivity index (χ3n) is 5.33. The number of aromatic hydroxyl groups is 1. The van der Waals surface area contributed by atoms with Crippen molar-refractivity contribution in [1.29, 1.82) is 0 Å². The van der Waals surface area contributed by atoms with Gasteiger partial charge in [0.2, 0.25) is 0 Å². The molecule has 1 unspecified atom stereocenters. The van der Waals surface area contributed by atoms with Crippen molar-refractivity contribution in [2.75, 3.05) is 19.6 Å². The fourth-order valence-electron chi connectivity index (χ4n) is 3.59. The Hall–Kier alpha value is -2.93. The van der Waals surface area contributed by atoms with Crippen molar-refractivity contribution in [3.63, 3.8) is 0 Å². The minimum Gasteiger partial charge on any atom is -0.507 e. The van der Waals surface area contributed by atoms with Gasteiger partial charge >= 0.3 is 0 Å². The number of amidine groups is 1. The fourth-order valence-corrected chi connectivity index (χ4v) is 3.59. The number of H-pyrrole nitrogens is 1.